The summed E-state index contributed by atoms with van der Waals surface area (Å²) in [4.78, 5) is 29.1. The molecule has 0 unspecified atom stereocenters. The number of carbonyl (C=O) groups excluding carboxylic acids is 2. The molecular formula is C13H11N3O3. The molecule has 0 saturated carbocycles. The number of hydrogen-bond donors (Lipinski definition) is 1. The van der Waals surface area contributed by atoms with E-state index in [9.17, 15) is 9.59 Å². The zero-order chi connectivity index (χ0) is 13.4. The maximum absolute atomic E-state index is 12.1. The Bertz CT molecular complexity index is 628. The molecule has 2 amide bonds. The molecule has 0 saturated heterocycles. The first-order chi connectivity index (χ1) is 9.16. The third-order valence-corrected chi connectivity index (χ3v) is 3.03. The standard InChI is InChI=1S/C13H11N3O3/c14-13-15-7-8(19-13)5-6-16-11(17)9-3-1-2-4-10(9)12(16)18/h1-4,7H,5-6H2,(H2,14,15). The van der Waals surface area contributed by atoms with E-state index in [2.05, 4.69) is 4.98 Å². The number of nitrogens with two attached hydrogens (primary N) is 1. The summed E-state index contributed by atoms with van der Waals surface area (Å²) in [5.41, 5.74) is 6.26. The summed E-state index contributed by atoms with van der Waals surface area (Å²) in [6.45, 7) is 0.251. The number of nitrogens with zero attached hydrogens (tertiary/aromatic N) is 2. The highest BCUT2D eigenvalue weighted by molar-refractivity contribution is 6.21. The van der Waals surface area contributed by atoms with E-state index in [0.717, 1.165) is 0 Å². The molecule has 0 atom stereocenters. The summed E-state index contributed by atoms with van der Waals surface area (Å²) in [7, 11) is 0. The zero-order valence-electron chi connectivity index (χ0n) is 10.00. The number of rotatable bonds is 3. The van der Waals surface area contributed by atoms with Crippen molar-refractivity contribution in [1.29, 1.82) is 0 Å². The van der Waals surface area contributed by atoms with Crippen LogP contribution >= 0.6 is 0 Å². The minimum Gasteiger partial charge on any atom is -0.429 e. The van der Waals surface area contributed by atoms with Crippen molar-refractivity contribution in [3.05, 3.63) is 47.3 Å². The second-order valence-electron chi connectivity index (χ2n) is 4.22. The molecule has 2 N–H and O–H groups in total. The summed E-state index contributed by atoms with van der Waals surface area (Å²) in [5, 5.41) is 0. The summed E-state index contributed by atoms with van der Waals surface area (Å²) >= 11 is 0. The lowest BCUT2D eigenvalue weighted by Crippen LogP contribution is -2.31. The van der Waals surface area contributed by atoms with E-state index in [-0.39, 0.29) is 24.4 Å². The number of imide groups is 1. The molecule has 1 aliphatic heterocycles. The largest absolute Gasteiger partial charge is 0.429 e. The van der Waals surface area contributed by atoms with Crippen LogP contribution in [0.5, 0.6) is 0 Å². The van der Waals surface area contributed by atoms with Gasteiger partial charge in [0.2, 0.25) is 0 Å². The lowest BCUT2D eigenvalue weighted by molar-refractivity contribution is 0.0654. The minimum atomic E-state index is -0.270. The second-order valence-corrected chi connectivity index (χ2v) is 4.22. The van der Waals surface area contributed by atoms with E-state index >= 15 is 0 Å². The molecule has 6 heteroatoms. The van der Waals surface area contributed by atoms with Gasteiger partial charge in [-0.05, 0) is 12.1 Å². The number of carbonyl (C=O) groups is 2. The highest BCUT2D eigenvalue weighted by Gasteiger charge is 2.34. The van der Waals surface area contributed by atoms with Crippen LogP contribution in [-0.2, 0) is 6.42 Å². The molecule has 2 aromatic rings. The van der Waals surface area contributed by atoms with Gasteiger partial charge in [0.25, 0.3) is 17.8 Å². The van der Waals surface area contributed by atoms with Gasteiger partial charge in [-0.2, -0.15) is 0 Å². The van der Waals surface area contributed by atoms with Crippen molar-refractivity contribution in [2.75, 3.05) is 12.3 Å². The fourth-order valence-electron chi connectivity index (χ4n) is 2.10. The fraction of sp³-hybridized carbons (Fsp3) is 0.154. The summed E-state index contributed by atoms with van der Waals surface area (Å²) in [6.07, 6.45) is 1.89. The van der Waals surface area contributed by atoms with Gasteiger partial charge in [0, 0.05) is 13.0 Å². The van der Waals surface area contributed by atoms with Crippen LogP contribution in [0, 0.1) is 0 Å². The predicted molar refractivity (Wildman–Crippen MR) is 66.4 cm³/mol. The molecule has 19 heavy (non-hydrogen) atoms. The van der Waals surface area contributed by atoms with Crippen molar-refractivity contribution in [3.8, 4) is 0 Å². The molecular weight excluding hydrogens is 246 g/mol. The Kier molecular flexibility index (Phi) is 2.56. The maximum Gasteiger partial charge on any atom is 0.292 e. The molecule has 0 spiro atoms. The molecule has 1 aromatic heterocycles. The van der Waals surface area contributed by atoms with Crippen LogP contribution in [0.4, 0.5) is 6.01 Å². The highest BCUT2D eigenvalue weighted by Crippen LogP contribution is 2.22. The number of amides is 2. The number of anilines is 1. The van der Waals surface area contributed by atoms with Crippen LogP contribution in [0.3, 0.4) is 0 Å². The quantitative estimate of drug-likeness (QED) is 0.831. The van der Waals surface area contributed by atoms with Gasteiger partial charge < -0.3 is 10.2 Å². The van der Waals surface area contributed by atoms with Gasteiger partial charge in [0.1, 0.15) is 5.76 Å². The van der Waals surface area contributed by atoms with Crippen molar-refractivity contribution in [3.63, 3.8) is 0 Å². The molecule has 0 bridgehead atoms. The Balaban J connectivity index is 1.77. The van der Waals surface area contributed by atoms with Crippen LogP contribution in [0.1, 0.15) is 26.5 Å². The molecule has 96 valence electrons. The predicted octanol–water partition coefficient (Wildman–Crippen LogP) is 1.10. The Morgan fingerprint density at radius 2 is 1.79 bits per heavy atom. The minimum absolute atomic E-state index is 0.0809. The molecule has 3 rings (SSSR count). The Labute approximate surface area is 108 Å². The molecule has 6 nitrogen and oxygen atoms in total. The summed E-state index contributed by atoms with van der Waals surface area (Å²) < 4.78 is 5.11. The van der Waals surface area contributed by atoms with Crippen LogP contribution in [0.15, 0.2) is 34.9 Å². The highest BCUT2D eigenvalue weighted by atomic mass is 16.4. The summed E-state index contributed by atoms with van der Waals surface area (Å²) in [5.74, 6) is 0.00947. The second kappa shape index (κ2) is 4.24. The third-order valence-electron chi connectivity index (χ3n) is 3.03. The smallest absolute Gasteiger partial charge is 0.292 e. The first-order valence-corrected chi connectivity index (χ1v) is 5.82. The average Bonchev–Trinajstić information content (AvgIpc) is 2.93. The number of oxazole rings is 1. The van der Waals surface area contributed by atoms with E-state index in [1.807, 2.05) is 0 Å². The Morgan fingerprint density at radius 3 is 2.32 bits per heavy atom. The molecule has 1 aromatic carbocycles. The Hall–Kier alpha value is -2.63. The summed E-state index contributed by atoms with van der Waals surface area (Å²) in [6, 6.07) is 6.87. The van der Waals surface area contributed by atoms with E-state index < -0.39 is 0 Å². The monoisotopic (exact) mass is 257 g/mol. The molecule has 2 heterocycles. The Morgan fingerprint density at radius 1 is 1.16 bits per heavy atom. The van der Waals surface area contributed by atoms with Crippen molar-refractivity contribution in [2.24, 2.45) is 0 Å². The number of aromatic nitrogens is 1. The van der Waals surface area contributed by atoms with Gasteiger partial charge in [-0.25, -0.2) is 4.98 Å². The van der Waals surface area contributed by atoms with Gasteiger partial charge in [-0.3, -0.25) is 14.5 Å². The number of fused-ring (bicyclic) bond motifs is 1. The lowest BCUT2D eigenvalue weighted by Gasteiger charge is -2.12. The van der Waals surface area contributed by atoms with Crippen LogP contribution in [-0.4, -0.2) is 28.2 Å². The molecule has 0 fully saturated rings. The molecule has 1 aliphatic rings. The van der Waals surface area contributed by atoms with Gasteiger partial charge in [-0.1, -0.05) is 12.1 Å². The van der Waals surface area contributed by atoms with Crippen LogP contribution in [0.25, 0.3) is 0 Å². The third kappa shape index (κ3) is 1.87. The number of benzene rings is 1. The normalized spacial score (nSPS) is 14.0. The zero-order valence-corrected chi connectivity index (χ0v) is 10.00. The number of nitrogen functional groups attached to an aromatic ring is 1. The van der Waals surface area contributed by atoms with E-state index in [4.69, 9.17) is 10.2 Å². The van der Waals surface area contributed by atoms with Gasteiger partial charge in [-0.15, -0.1) is 0 Å². The van der Waals surface area contributed by atoms with Crippen molar-refractivity contribution in [1.82, 2.24) is 9.88 Å². The first kappa shape index (κ1) is 11.5. The van der Waals surface area contributed by atoms with Crippen molar-refractivity contribution < 1.29 is 14.0 Å². The van der Waals surface area contributed by atoms with Gasteiger partial charge in [0.15, 0.2) is 0 Å². The van der Waals surface area contributed by atoms with Crippen LogP contribution < -0.4 is 5.73 Å². The van der Waals surface area contributed by atoms with Crippen molar-refractivity contribution in [2.45, 2.75) is 6.42 Å². The molecule has 0 aliphatic carbocycles. The number of hydrogen-bond acceptors (Lipinski definition) is 5. The topological polar surface area (TPSA) is 89.4 Å². The van der Waals surface area contributed by atoms with E-state index in [0.29, 0.717) is 23.3 Å². The SMILES string of the molecule is Nc1ncc(CCN2C(=O)c3ccccc3C2=O)o1. The average molecular weight is 257 g/mol. The first-order valence-electron chi connectivity index (χ1n) is 5.82. The van der Waals surface area contributed by atoms with E-state index in [1.54, 1.807) is 24.3 Å². The molecule has 0 radical (unpaired) electrons. The van der Waals surface area contributed by atoms with Gasteiger partial charge >= 0.3 is 0 Å². The maximum atomic E-state index is 12.1. The van der Waals surface area contributed by atoms with E-state index in [1.165, 1.54) is 11.1 Å². The van der Waals surface area contributed by atoms with Crippen LogP contribution in [0.2, 0.25) is 0 Å². The fourth-order valence-corrected chi connectivity index (χ4v) is 2.10. The van der Waals surface area contributed by atoms with Gasteiger partial charge in [0.05, 0.1) is 17.3 Å². The van der Waals surface area contributed by atoms with Crippen molar-refractivity contribution >= 4 is 17.8 Å². The lowest BCUT2D eigenvalue weighted by atomic mass is 10.1.